The van der Waals surface area contributed by atoms with Gasteiger partial charge in [-0.15, -0.1) is 0 Å². The first-order valence-electron chi connectivity index (χ1n) is 8.33. The maximum absolute atomic E-state index is 12.7. The third-order valence-corrected chi connectivity index (χ3v) is 5.11. The number of methoxy groups -OCH3 is 1. The molecule has 1 N–H and O–H groups in total. The Morgan fingerprint density at radius 3 is 2.91 bits per heavy atom. The van der Waals surface area contributed by atoms with Crippen molar-refractivity contribution in [2.75, 3.05) is 33.3 Å². The van der Waals surface area contributed by atoms with E-state index in [1.807, 2.05) is 24.3 Å². The molecule has 0 bridgehead atoms. The summed E-state index contributed by atoms with van der Waals surface area (Å²) in [5, 5.41) is 3.51. The number of carbonyl (C=O) groups excluding carboxylic acids is 1. The molecule has 2 aliphatic rings. The van der Waals surface area contributed by atoms with Crippen LogP contribution in [0.15, 0.2) is 24.3 Å². The predicted molar refractivity (Wildman–Crippen MR) is 87.0 cm³/mol. The SMILES string of the molecule is COc1ccccc1CC(=O)N1CCCC2(CCCNC2)C1. The molecule has 4 heteroatoms. The minimum Gasteiger partial charge on any atom is -0.496 e. The standard InChI is InChI=1S/C18H26N2O2/c1-22-16-7-3-2-6-15(16)12-17(21)20-11-5-9-18(14-20)8-4-10-19-13-18/h2-3,6-7,19H,4-5,8-14H2,1H3. The van der Waals surface area contributed by atoms with Gasteiger partial charge in [-0.25, -0.2) is 0 Å². The van der Waals surface area contributed by atoms with Crippen molar-refractivity contribution < 1.29 is 9.53 Å². The summed E-state index contributed by atoms with van der Waals surface area (Å²) in [7, 11) is 1.66. The lowest BCUT2D eigenvalue weighted by molar-refractivity contribution is -0.134. The van der Waals surface area contributed by atoms with Crippen LogP contribution in [-0.4, -0.2) is 44.1 Å². The van der Waals surface area contributed by atoms with Crippen LogP contribution in [0.5, 0.6) is 5.75 Å². The topological polar surface area (TPSA) is 41.6 Å². The second kappa shape index (κ2) is 6.69. The fourth-order valence-electron chi connectivity index (χ4n) is 3.92. The Kier molecular flexibility index (Phi) is 4.67. The van der Waals surface area contributed by atoms with Gasteiger partial charge in [0.15, 0.2) is 0 Å². The third kappa shape index (κ3) is 3.27. The van der Waals surface area contributed by atoms with Crippen molar-refractivity contribution in [1.82, 2.24) is 10.2 Å². The van der Waals surface area contributed by atoms with Gasteiger partial charge in [0.05, 0.1) is 13.5 Å². The van der Waals surface area contributed by atoms with Crippen LogP contribution in [0.1, 0.15) is 31.2 Å². The zero-order valence-corrected chi connectivity index (χ0v) is 13.4. The van der Waals surface area contributed by atoms with E-state index in [1.165, 1.54) is 19.3 Å². The molecule has 2 aliphatic heterocycles. The van der Waals surface area contributed by atoms with Gasteiger partial charge in [0.25, 0.3) is 0 Å². The van der Waals surface area contributed by atoms with E-state index in [4.69, 9.17) is 4.74 Å². The van der Waals surface area contributed by atoms with Gasteiger partial charge in [0, 0.05) is 30.6 Å². The Morgan fingerprint density at radius 2 is 2.14 bits per heavy atom. The number of amides is 1. The molecule has 1 aromatic rings. The summed E-state index contributed by atoms with van der Waals surface area (Å²) in [6.07, 6.45) is 5.29. The number of carbonyl (C=O) groups is 1. The summed E-state index contributed by atoms with van der Waals surface area (Å²) in [5.41, 5.74) is 1.30. The van der Waals surface area contributed by atoms with Crippen molar-refractivity contribution in [1.29, 1.82) is 0 Å². The van der Waals surface area contributed by atoms with E-state index in [2.05, 4.69) is 10.2 Å². The molecule has 22 heavy (non-hydrogen) atoms. The van der Waals surface area contributed by atoms with E-state index in [-0.39, 0.29) is 5.91 Å². The lowest BCUT2D eigenvalue weighted by Crippen LogP contribution is -2.52. The first kappa shape index (κ1) is 15.3. The van der Waals surface area contributed by atoms with Gasteiger partial charge < -0.3 is 15.0 Å². The average Bonchev–Trinajstić information content (AvgIpc) is 2.56. The Morgan fingerprint density at radius 1 is 1.32 bits per heavy atom. The van der Waals surface area contributed by atoms with E-state index in [9.17, 15) is 4.79 Å². The summed E-state index contributed by atoms with van der Waals surface area (Å²) in [4.78, 5) is 14.8. The van der Waals surface area contributed by atoms with Crippen LogP contribution in [0.4, 0.5) is 0 Å². The molecule has 2 fully saturated rings. The maximum Gasteiger partial charge on any atom is 0.227 e. The largest absolute Gasteiger partial charge is 0.496 e. The van der Waals surface area contributed by atoms with Gasteiger partial charge in [-0.2, -0.15) is 0 Å². The molecular formula is C18H26N2O2. The molecule has 0 saturated carbocycles. The van der Waals surface area contributed by atoms with Gasteiger partial charge in [-0.05, 0) is 38.3 Å². The van der Waals surface area contributed by atoms with Crippen LogP contribution in [-0.2, 0) is 11.2 Å². The van der Waals surface area contributed by atoms with Crippen molar-refractivity contribution in [3.05, 3.63) is 29.8 Å². The van der Waals surface area contributed by atoms with Crippen molar-refractivity contribution >= 4 is 5.91 Å². The molecule has 4 nitrogen and oxygen atoms in total. The molecule has 120 valence electrons. The minimum absolute atomic E-state index is 0.231. The highest BCUT2D eigenvalue weighted by molar-refractivity contribution is 5.79. The molecule has 0 aromatic heterocycles. The van der Waals surface area contributed by atoms with Gasteiger partial charge in [-0.3, -0.25) is 4.79 Å². The molecule has 3 rings (SSSR count). The van der Waals surface area contributed by atoms with Gasteiger partial charge in [0.2, 0.25) is 5.91 Å². The van der Waals surface area contributed by atoms with Crippen LogP contribution in [0.25, 0.3) is 0 Å². The summed E-state index contributed by atoms with van der Waals surface area (Å²) < 4.78 is 5.36. The molecular weight excluding hydrogens is 276 g/mol. The summed E-state index contributed by atoms with van der Waals surface area (Å²) >= 11 is 0. The molecule has 1 aromatic carbocycles. The van der Waals surface area contributed by atoms with E-state index in [1.54, 1.807) is 7.11 Å². The lowest BCUT2D eigenvalue weighted by Gasteiger charge is -2.45. The highest BCUT2D eigenvalue weighted by Gasteiger charge is 2.37. The summed E-state index contributed by atoms with van der Waals surface area (Å²) in [5.74, 6) is 1.04. The van der Waals surface area contributed by atoms with E-state index < -0.39 is 0 Å². The fraction of sp³-hybridized carbons (Fsp3) is 0.611. The molecule has 0 radical (unpaired) electrons. The maximum atomic E-state index is 12.7. The molecule has 2 saturated heterocycles. The fourth-order valence-corrected chi connectivity index (χ4v) is 3.92. The number of ether oxygens (including phenoxy) is 1. The number of piperidine rings is 2. The van der Waals surface area contributed by atoms with Crippen molar-refractivity contribution in [2.45, 2.75) is 32.1 Å². The number of nitrogens with one attached hydrogen (secondary N) is 1. The monoisotopic (exact) mass is 302 g/mol. The zero-order valence-electron chi connectivity index (χ0n) is 13.4. The Balaban J connectivity index is 1.66. The lowest BCUT2D eigenvalue weighted by atomic mass is 9.74. The number of likely N-dealkylation sites (tertiary alicyclic amines) is 1. The first-order chi connectivity index (χ1) is 10.7. The number of para-hydroxylation sites is 1. The highest BCUT2D eigenvalue weighted by Crippen LogP contribution is 2.36. The normalized spacial score (nSPS) is 25.2. The van der Waals surface area contributed by atoms with Crippen LogP contribution in [0.3, 0.4) is 0 Å². The number of rotatable bonds is 3. The first-order valence-corrected chi connectivity index (χ1v) is 8.33. The van der Waals surface area contributed by atoms with Gasteiger partial charge in [0.1, 0.15) is 5.75 Å². The van der Waals surface area contributed by atoms with E-state index in [0.29, 0.717) is 11.8 Å². The Labute approximate surface area is 132 Å². The summed E-state index contributed by atoms with van der Waals surface area (Å²) in [6, 6.07) is 7.81. The molecule has 1 atom stereocenters. The van der Waals surface area contributed by atoms with E-state index in [0.717, 1.165) is 43.9 Å². The highest BCUT2D eigenvalue weighted by atomic mass is 16.5. The number of hydrogen-bond donors (Lipinski definition) is 1. The minimum atomic E-state index is 0.231. The molecule has 2 heterocycles. The van der Waals surface area contributed by atoms with E-state index >= 15 is 0 Å². The number of nitrogens with zero attached hydrogens (tertiary/aromatic N) is 1. The Bertz CT molecular complexity index is 518. The zero-order chi connectivity index (χ0) is 15.4. The average molecular weight is 302 g/mol. The van der Waals surface area contributed by atoms with Crippen molar-refractivity contribution in [3.63, 3.8) is 0 Å². The second-order valence-electron chi connectivity index (χ2n) is 6.69. The molecule has 1 unspecified atom stereocenters. The second-order valence-corrected chi connectivity index (χ2v) is 6.69. The third-order valence-electron chi connectivity index (χ3n) is 5.11. The van der Waals surface area contributed by atoms with Crippen LogP contribution in [0, 0.1) is 5.41 Å². The molecule has 1 amide bonds. The number of hydrogen-bond acceptors (Lipinski definition) is 3. The Hall–Kier alpha value is -1.55. The quantitative estimate of drug-likeness (QED) is 0.931. The van der Waals surface area contributed by atoms with Gasteiger partial charge >= 0.3 is 0 Å². The number of benzene rings is 1. The predicted octanol–water partition coefficient (Wildman–Crippen LogP) is 2.23. The van der Waals surface area contributed by atoms with Crippen LogP contribution < -0.4 is 10.1 Å². The van der Waals surface area contributed by atoms with Crippen LogP contribution in [0.2, 0.25) is 0 Å². The smallest absolute Gasteiger partial charge is 0.227 e. The van der Waals surface area contributed by atoms with Crippen molar-refractivity contribution in [3.8, 4) is 5.75 Å². The molecule has 1 spiro atoms. The van der Waals surface area contributed by atoms with Gasteiger partial charge in [-0.1, -0.05) is 18.2 Å². The summed E-state index contributed by atoms with van der Waals surface area (Å²) in [6.45, 7) is 3.99. The van der Waals surface area contributed by atoms with Crippen LogP contribution >= 0.6 is 0 Å². The molecule has 0 aliphatic carbocycles. The van der Waals surface area contributed by atoms with Crippen molar-refractivity contribution in [2.24, 2.45) is 5.41 Å².